The third kappa shape index (κ3) is 3.56. The number of aromatic nitrogens is 1. The second-order valence-corrected chi connectivity index (χ2v) is 6.62. The van der Waals surface area contributed by atoms with Crippen LogP contribution in [0.4, 0.5) is 0 Å². The number of hydrogen-bond acceptors (Lipinski definition) is 3. The summed E-state index contributed by atoms with van der Waals surface area (Å²) < 4.78 is 1.05. The van der Waals surface area contributed by atoms with Crippen LogP contribution in [0.3, 0.4) is 0 Å². The third-order valence-electron chi connectivity index (χ3n) is 4.08. The molecule has 0 spiro atoms. The van der Waals surface area contributed by atoms with Gasteiger partial charge in [0.15, 0.2) is 0 Å². The van der Waals surface area contributed by atoms with E-state index in [1.165, 1.54) is 24.8 Å². The lowest BCUT2D eigenvalue weighted by Crippen LogP contribution is -2.40. The molecule has 0 bridgehead atoms. The summed E-state index contributed by atoms with van der Waals surface area (Å²) in [6.07, 6.45) is 7.61. The summed E-state index contributed by atoms with van der Waals surface area (Å²) in [5.74, 6) is 0.529. The van der Waals surface area contributed by atoms with Crippen LogP contribution in [0.25, 0.3) is 0 Å². The van der Waals surface area contributed by atoms with Gasteiger partial charge in [-0.2, -0.15) is 0 Å². The van der Waals surface area contributed by atoms with E-state index in [4.69, 9.17) is 5.73 Å². The summed E-state index contributed by atoms with van der Waals surface area (Å²) in [4.78, 5) is 6.93. The van der Waals surface area contributed by atoms with E-state index < -0.39 is 0 Å². The zero-order valence-electron chi connectivity index (χ0n) is 11.8. The fraction of sp³-hybridized carbons (Fsp3) is 0.667. The number of nitrogens with two attached hydrogens (primary N) is 1. The summed E-state index contributed by atoms with van der Waals surface area (Å²) in [6.45, 7) is 6.46. The van der Waals surface area contributed by atoms with Crippen molar-refractivity contribution in [1.82, 2.24) is 9.88 Å². The molecule has 1 aromatic rings. The summed E-state index contributed by atoms with van der Waals surface area (Å²) >= 11 is 3.53. The van der Waals surface area contributed by atoms with Crippen molar-refractivity contribution in [3.63, 3.8) is 0 Å². The van der Waals surface area contributed by atoms with Crippen LogP contribution >= 0.6 is 15.9 Å². The molecule has 3 nitrogen and oxygen atoms in total. The van der Waals surface area contributed by atoms with E-state index in [1.54, 1.807) is 0 Å². The van der Waals surface area contributed by atoms with Gasteiger partial charge in [0.05, 0.1) is 0 Å². The van der Waals surface area contributed by atoms with Crippen molar-refractivity contribution in [2.45, 2.75) is 45.2 Å². The molecule has 1 fully saturated rings. The van der Waals surface area contributed by atoms with E-state index in [9.17, 15) is 0 Å². The molecule has 2 N–H and O–H groups in total. The Kier molecular flexibility index (Phi) is 5.37. The molecule has 1 aromatic heterocycles. The van der Waals surface area contributed by atoms with Crippen LogP contribution in [-0.2, 0) is 0 Å². The highest BCUT2D eigenvalue weighted by molar-refractivity contribution is 9.10. The Morgan fingerprint density at radius 1 is 1.42 bits per heavy atom. The minimum absolute atomic E-state index is 0.400. The maximum absolute atomic E-state index is 6.04. The molecular weight excluding hydrogens is 302 g/mol. The van der Waals surface area contributed by atoms with E-state index in [0.717, 1.165) is 17.6 Å². The highest BCUT2D eigenvalue weighted by Gasteiger charge is 2.31. The molecule has 106 valence electrons. The van der Waals surface area contributed by atoms with Gasteiger partial charge in [0.25, 0.3) is 0 Å². The molecule has 2 atom stereocenters. The maximum Gasteiger partial charge on any atom is 0.0410 e. The third-order valence-corrected chi connectivity index (χ3v) is 4.51. The van der Waals surface area contributed by atoms with E-state index >= 15 is 0 Å². The van der Waals surface area contributed by atoms with Gasteiger partial charge in [0, 0.05) is 29.0 Å². The van der Waals surface area contributed by atoms with Gasteiger partial charge in [0.1, 0.15) is 0 Å². The fourth-order valence-electron chi connectivity index (χ4n) is 3.15. The van der Waals surface area contributed by atoms with Crippen molar-refractivity contribution in [2.75, 3.05) is 13.1 Å². The van der Waals surface area contributed by atoms with Gasteiger partial charge < -0.3 is 5.73 Å². The Labute approximate surface area is 124 Å². The largest absolute Gasteiger partial charge is 0.330 e. The molecule has 1 aliphatic heterocycles. The van der Waals surface area contributed by atoms with Gasteiger partial charge in [-0.25, -0.2) is 0 Å². The molecular formula is C15H24BrN3. The van der Waals surface area contributed by atoms with Crippen LogP contribution in [0.2, 0.25) is 0 Å². The Balaban J connectivity index is 2.37. The van der Waals surface area contributed by atoms with Crippen LogP contribution < -0.4 is 5.73 Å². The van der Waals surface area contributed by atoms with Crippen LogP contribution in [0.15, 0.2) is 22.9 Å². The second-order valence-electron chi connectivity index (χ2n) is 5.70. The number of halogens is 1. The van der Waals surface area contributed by atoms with Crippen molar-refractivity contribution in [2.24, 2.45) is 11.7 Å². The molecule has 1 aliphatic rings. The fourth-order valence-corrected chi connectivity index (χ4v) is 3.53. The predicted molar refractivity (Wildman–Crippen MR) is 82.9 cm³/mol. The van der Waals surface area contributed by atoms with Crippen LogP contribution in [0, 0.1) is 5.92 Å². The van der Waals surface area contributed by atoms with Gasteiger partial charge in [-0.1, -0.05) is 6.42 Å². The topological polar surface area (TPSA) is 42.1 Å². The van der Waals surface area contributed by atoms with Crippen molar-refractivity contribution in [1.29, 1.82) is 0 Å². The summed E-state index contributed by atoms with van der Waals surface area (Å²) in [6, 6.07) is 3.13. The number of hydrogen-bond donors (Lipinski definition) is 1. The standard InChI is InChI=1S/C15H24BrN3/c1-11(2)19-6-4-3-5-12(8-17)15(19)13-7-14(16)10-18-9-13/h7,9-12,15H,3-6,8,17H2,1-2H3. The van der Waals surface area contributed by atoms with Crippen LogP contribution in [0.1, 0.15) is 44.7 Å². The quantitative estimate of drug-likeness (QED) is 0.926. The van der Waals surface area contributed by atoms with E-state index in [2.05, 4.69) is 45.7 Å². The van der Waals surface area contributed by atoms with Gasteiger partial charge in [-0.15, -0.1) is 0 Å². The smallest absolute Gasteiger partial charge is 0.0410 e. The molecule has 2 heterocycles. The molecule has 2 unspecified atom stereocenters. The predicted octanol–water partition coefficient (Wildman–Crippen LogP) is 3.35. The first kappa shape index (κ1) is 14.9. The Bertz CT molecular complexity index is 408. The second kappa shape index (κ2) is 6.82. The molecule has 0 aromatic carbocycles. The number of pyridine rings is 1. The van der Waals surface area contributed by atoms with Crippen molar-refractivity contribution >= 4 is 15.9 Å². The van der Waals surface area contributed by atoms with Gasteiger partial charge in [-0.05, 0) is 73.3 Å². The van der Waals surface area contributed by atoms with Crippen LogP contribution in [-0.4, -0.2) is 29.0 Å². The monoisotopic (exact) mass is 325 g/mol. The molecule has 0 saturated carbocycles. The van der Waals surface area contributed by atoms with E-state index in [-0.39, 0.29) is 0 Å². The van der Waals surface area contributed by atoms with Crippen molar-refractivity contribution in [3.05, 3.63) is 28.5 Å². The highest BCUT2D eigenvalue weighted by Crippen LogP contribution is 2.36. The molecule has 0 amide bonds. The molecule has 1 saturated heterocycles. The first-order valence-electron chi connectivity index (χ1n) is 7.19. The van der Waals surface area contributed by atoms with Crippen molar-refractivity contribution < 1.29 is 0 Å². The average molecular weight is 326 g/mol. The normalized spacial score (nSPS) is 25.5. The summed E-state index contributed by atoms with van der Waals surface area (Å²) in [5, 5.41) is 0. The molecule has 2 rings (SSSR count). The minimum atomic E-state index is 0.400. The maximum atomic E-state index is 6.04. The molecule has 0 aliphatic carbocycles. The summed E-state index contributed by atoms with van der Waals surface area (Å²) in [7, 11) is 0. The van der Waals surface area contributed by atoms with Gasteiger partial charge in [0.2, 0.25) is 0 Å². The average Bonchev–Trinajstić information content (AvgIpc) is 2.60. The first-order valence-corrected chi connectivity index (χ1v) is 7.99. The molecule has 4 heteroatoms. The summed E-state index contributed by atoms with van der Waals surface area (Å²) in [5.41, 5.74) is 7.33. The number of nitrogens with zero attached hydrogens (tertiary/aromatic N) is 2. The molecule has 0 radical (unpaired) electrons. The zero-order chi connectivity index (χ0) is 13.8. The van der Waals surface area contributed by atoms with E-state index in [0.29, 0.717) is 18.0 Å². The van der Waals surface area contributed by atoms with Gasteiger partial charge in [-0.3, -0.25) is 9.88 Å². The SMILES string of the molecule is CC(C)N1CCCCC(CN)C1c1cncc(Br)c1. The highest BCUT2D eigenvalue weighted by atomic mass is 79.9. The molecule has 19 heavy (non-hydrogen) atoms. The van der Waals surface area contributed by atoms with E-state index in [1.807, 2.05) is 12.4 Å². The lowest BCUT2D eigenvalue weighted by molar-refractivity contribution is 0.121. The van der Waals surface area contributed by atoms with Gasteiger partial charge >= 0.3 is 0 Å². The Hall–Kier alpha value is -0.450. The number of likely N-dealkylation sites (tertiary alicyclic amines) is 1. The lowest BCUT2D eigenvalue weighted by Gasteiger charge is -2.37. The zero-order valence-corrected chi connectivity index (χ0v) is 13.4. The minimum Gasteiger partial charge on any atom is -0.330 e. The van der Waals surface area contributed by atoms with Crippen molar-refractivity contribution in [3.8, 4) is 0 Å². The van der Waals surface area contributed by atoms with Crippen LogP contribution in [0.5, 0.6) is 0 Å². The number of rotatable bonds is 3. The lowest BCUT2D eigenvalue weighted by atomic mass is 9.89. The Morgan fingerprint density at radius 2 is 2.21 bits per heavy atom. The first-order chi connectivity index (χ1) is 9.13. The Morgan fingerprint density at radius 3 is 2.84 bits per heavy atom.